The molecule has 2 N–H and O–H groups in total. The standard InChI is InChI=1S/C15H22N2O2/c1-12-9-17(10-13(2)19-12)11-15(18)16-8-14-6-4-3-5-7-14/h3-7,12-13H,8-11H2,1-2H3,(H,16,18)/p+1/t12-,13-/m1/s1. The molecule has 0 bridgehead atoms. The summed E-state index contributed by atoms with van der Waals surface area (Å²) in [7, 11) is 0. The van der Waals surface area contributed by atoms with Gasteiger partial charge in [-0.15, -0.1) is 0 Å². The van der Waals surface area contributed by atoms with Crippen LogP contribution in [0.15, 0.2) is 30.3 Å². The molecule has 1 aromatic carbocycles. The Bertz CT molecular complexity index is 398. The van der Waals surface area contributed by atoms with Crippen LogP contribution in [-0.4, -0.2) is 37.7 Å². The average molecular weight is 263 g/mol. The van der Waals surface area contributed by atoms with E-state index in [0.717, 1.165) is 18.7 Å². The number of hydrogen-bond acceptors (Lipinski definition) is 2. The third-order valence-corrected chi connectivity index (χ3v) is 3.36. The van der Waals surface area contributed by atoms with Crippen LogP contribution in [0.5, 0.6) is 0 Å². The van der Waals surface area contributed by atoms with Crippen molar-refractivity contribution in [1.29, 1.82) is 0 Å². The number of benzene rings is 1. The van der Waals surface area contributed by atoms with E-state index in [2.05, 4.69) is 19.2 Å². The van der Waals surface area contributed by atoms with Crippen molar-refractivity contribution in [2.45, 2.75) is 32.6 Å². The fraction of sp³-hybridized carbons (Fsp3) is 0.533. The molecule has 4 heteroatoms. The van der Waals surface area contributed by atoms with Gasteiger partial charge in [-0.2, -0.15) is 0 Å². The van der Waals surface area contributed by atoms with Gasteiger partial charge in [-0.3, -0.25) is 4.79 Å². The van der Waals surface area contributed by atoms with Gasteiger partial charge in [-0.05, 0) is 19.4 Å². The molecule has 1 saturated heterocycles. The van der Waals surface area contributed by atoms with Gasteiger partial charge in [0.1, 0.15) is 25.3 Å². The van der Waals surface area contributed by atoms with E-state index in [1.807, 2.05) is 30.3 Å². The van der Waals surface area contributed by atoms with Gasteiger partial charge in [0.25, 0.3) is 5.91 Å². The van der Waals surface area contributed by atoms with Crippen molar-refractivity contribution in [2.24, 2.45) is 0 Å². The fourth-order valence-corrected chi connectivity index (χ4v) is 2.62. The Balaban J connectivity index is 1.75. The van der Waals surface area contributed by atoms with Crippen LogP contribution in [0.25, 0.3) is 0 Å². The molecular formula is C15H23N2O2+. The van der Waals surface area contributed by atoms with Crippen LogP contribution in [0, 0.1) is 0 Å². The Morgan fingerprint density at radius 2 is 1.89 bits per heavy atom. The molecule has 0 aromatic heterocycles. The van der Waals surface area contributed by atoms with Crippen molar-refractivity contribution in [1.82, 2.24) is 5.32 Å². The molecule has 0 unspecified atom stereocenters. The molecule has 1 amide bonds. The molecule has 104 valence electrons. The summed E-state index contributed by atoms with van der Waals surface area (Å²) in [6, 6.07) is 9.99. The van der Waals surface area contributed by atoms with E-state index >= 15 is 0 Å². The van der Waals surface area contributed by atoms with Crippen LogP contribution in [0.2, 0.25) is 0 Å². The lowest BCUT2D eigenvalue weighted by Gasteiger charge is -2.31. The summed E-state index contributed by atoms with van der Waals surface area (Å²) in [6.45, 7) is 7.08. The number of ether oxygens (including phenoxy) is 1. The first-order valence-corrected chi connectivity index (χ1v) is 6.93. The monoisotopic (exact) mass is 263 g/mol. The average Bonchev–Trinajstić information content (AvgIpc) is 2.36. The van der Waals surface area contributed by atoms with E-state index in [1.165, 1.54) is 4.90 Å². The summed E-state index contributed by atoms with van der Waals surface area (Å²) in [5.41, 5.74) is 1.13. The zero-order chi connectivity index (χ0) is 13.7. The molecule has 0 radical (unpaired) electrons. The molecule has 1 aromatic rings. The summed E-state index contributed by atoms with van der Waals surface area (Å²) in [4.78, 5) is 13.2. The molecule has 19 heavy (non-hydrogen) atoms. The largest absolute Gasteiger partial charge is 0.364 e. The van der Waals surface area contributed by atoms with Crippen LogP contribution in [0.4, 0.5) is 0 Å². The normalized spacial score (nSPS) is 26.9. The number of morpholine rings is 1. The molecule has 0 saturated carbocycles. The zero-order valence-electron chi connectivity index (χ0n) is 11.7. The highest BCUT2D eigenvalue weighted by atomic mass is 16.5. The highest BCUT2D eigenvalue weighted by Gasteiger charge is 2.26. The lowest BCUT2D eigenvalue weighted by molar-refractivity contribution is -0.907. The number of hydrogen-bond donors (Lipinski definition) is 2. The van der Waals surface area contributed by atoms with Crippen LogP contribution >= 0.6 is 0 Å². The minimum Gasteiger partial charge on any atom is -0.364 e. The molecule has 1 aliphatic heterocycles. The van der Waals surface area contributed by atoms with Gasteiger partial charge in [0.2, 0.25) is 0 Å². The van der Waals surface area contributed by atoms with Gasteiger partial charge in [0.15, 0.2) is 6.54 Å². The maximum Gasteiger partial charge on any atom is 0.275 e. The second-order valence-corrected chi connectivity index (χ2v) is 5.35. The Morgan fingerprint density at radius 3 is 2.53 bits per heavy atom. The lowest BCUT2D eigenvalue weighted by Crippen LogP contribution is -3.16. The van der Waals surface area contributed by atoms with Crippen molar-refractivity contribution in [3.05, 3.63) is 35.9 Å². The highest BCUT2D eigenvalue weighted by molar-refractivity contribution is 5.76. The second kappa shape index (κ2) is 6.68. The molecule has 2 rings (SSSR count). The van der Waals surface area contributed by atoms with Gasteiger partial charge >= 0.3 is 0 Å². The zero-order valence-corrected chi connectivity index (χ0v) is 11.7. The molecule has 4 nitrogen and oxygen atoms in total. The van der Waals surface area contributed by atoms with Gasteiger partial charge < -0.3 is 15.0 Å². The molecule has 1 fully saturated rings. The van der Waals surface area contributed by atoms with Gasteiger partial charge in [-0.25, -0.2) is 0 Å². The van der Waals surface area contributed by atoms with Crippen molar-refractivity contribution in [2.75, 3.05) is 19.6 Å². The number of quaternary nitrogens is 1. The summed E-state index contributed by atoms with van der Waals surface area (Å²) in [5.74, 6) is 0.111. The van der Waals surface area contributed by atoms with E-state index in [1.54, 1.807) is 0 Å². The highest BCUT2D eigenvalue weighted by Crippen LogP contribution is 1.98. The SMILES string of the molecule is C[C@@H]1C[NH+](CC(=O)NCc2ccccc2)C[C@@H](C)O1. The first-order chi connectivity index (χ1) is 9.13. The first-order valence-electron chi connectivity index (χ1n) is 6.93. The summed E-state index contributed by atoms with van der Waals surface area (Å²) in [5, 5.41) is 2.98. The Kier molecular flexibility index (Phi) is 4.93. The molecule has 1 aliphatic rings. The second-order valence-electron chi connectivity index (χ2n) is 5.35. The number of carbonyl (C=O) groups is 1. The quantitative estimate of drug-likeness (QED) is 0.803. The lowest BCUT2D eigenvalue weighted by atomic mass is 10.2. The summed E-state index contributed by atoms with van der Waals surface area (Å²) in [6.07, 6.45) is 0.473. The van der Waals surface area contributed by atoms with E-state index in [0.29, 0.717) is 13.1 Å². The molecular weight excluding hydrogens is 240 g/mol. The first kappa shape index (κ1) is 14.0. The molecule has 1 heterocycles. The topological polar surface area (TPSA) is 42.8 Å². The predicted molar refractivity (Wildman–Crippen MR) is 73.9 cm³/mol. The Hall–Kier alpha value is -1.39. The maximum atomic E-state index is 11.9. The Morgan fingerprint density at radius 1 is 1.26 bits per heavy atom. The minimum atomic E-state index is 0.111. The fourth-order valence-electron chi connectivity index (χ4n) is 2.62. The third kappa shape index (κ3) is 4.65. The van der Waals surface area contributed by atoms with Crippen molar-refractivity contribution < 1.29 is 14.4 Å². The number of carbonyl (C=O) groups excluding carboxylic acids is 1. The number of amides is 1. The Labute approximate surface area is 114 Å². The van der Waals surface area contributed by atoms with Crippen molar-refractivity contribution in [3.8, 4) is 0 Å². The van der Waals surface area contributed by atoms with Crippen LogP contribution < -0.4 is 10.2 Å². The van der Waals surface area contributed by atoms with Gasteiger partial charge in [0, 0.05) is 6.54 Å². The molecule has 0 aliphatic carbocycles. The van der Waals surface area contributed by atoms with Crippen LogP contribution in [0.1, 0.15) is 19.4 Å². The summed E-state index contributed by atoms with van der Waals surface area (Å²) >= 11 is 0. The number of nitrogens with one attached hydrogen (secondary N) is 2. The van der Waals surface area contributed by atoms with Crippen LogP contribution in [0.3, 0.4) is 0 Å². The van der Waals surface area contributed by atoms with Gasteiger partial charge in [-0.1, -0.05) is 30.3 Å². The van der Waals surface area contributed by atoms with E-state index in [4.69, 9.17) is 4.74 Å². The molecule has 0 spiro atoms. The number of rotatable bonds is 4. The van der Waals surface area contributed by atoms with Crippen molar-refractivity contribution >= 4 is 5.91 Å². The summed E-state index contributed by atoms with van der Waals surface area (Å²) < 4.78 is 5.67. The third-order valence-electron chi connectivity index (χ3n) is 3.36. The maximum absolute atomic E-state index is 11.9. The van der Waals surface area contributed by atoms with Gasteiger partial charge in [0.05, 0.1) is 0 Å². The molecule has 2 atom stereocenters. The van der Waals surface area contributed by atoms with Crippen molar-refractivity contribution in [3.63, 3.8) is 0 Å². The predicted octanol–water partition coefficient (Wildman–Crippen LogP) is -0.00510. The van der Waals surface area contributed by atoms with Crippen LogP contribution in [-0.2, 0) is 16.1 Å². The van der Waals surface area contributed by atoms with E-state index < -0.39 is 0 Å². The smallest absolute Gasteiger partial charge is 0.275 e. The van der Waals surface area contributed by atoms with E-state index in [-0.39, 0.29) is 18.1 Å². The minimum absolute atomic E-state index is 0.111. The van der Waals surface area contributed by atoms with E-state index in [9.17, 15) is 4.79 Å².